The first kappa shape index (κ1) is 12.9. The van der Waals surface area contributed by atoms with Gasteiger partial charge >= 0.3 is 0 Å². The van der Waals surface area contributed by atoms with Crippen LogP contribution in [0.1, 0.15) is 5.56 Å². The molecule has 18 heavy (non-hydrogen) atoms. The van der Waals surface area contributed by atoms with Crippen LogP contribution in [-0.4, -0.2) is 24.9 Å². The Balaban J connectivity index is 1.75. The lowest BCUT2D eigenvalue weighted by Gasteiger charge is -2.05. The molecule has 0 amide bonds. The van der Waals surface area contributed by atoms with E-state index < -0.39 is 11.1 Å². The molecule has 0 spiro atoms. The van der Waals surface area contributed by atoms with E-state index in [1.54, 1.807) is 36.8 Å². The summed E-state index contributed by atoms with van der Waals surface area (Å²) in [7, 11) is 0. The highest BCUT2D eigenvalue weighted by Crippen LogP contribution is 2.08. The monoisotopic (exact) mass is 266 g/mol. The molecule has 1 aromatic carbocycles. The first-order valence-corrected chi connectivity index (χ1v) is 6.59. The zero-order valence-corrected chi connectivity index (χ0v) is 10.5. The van der Waals surface area contributed by atoms with E-state index in [0.29, 0.717) is 18.1 Å². The summed E-state index contributed by atoms with van der Waals surface area (Å²) in [6.07, 6.45) is 5.36. The van der Waals surface area contributed by atoms with Gasteiger partial charge in [0, 0.05) is 18.9 Å². The van der Waals surface area contributed by atoms with Gasteiger partial charge in [-0.3, -0.25) is 0 Å². The molecular formula is C12H14N2O3S. The Morgan fingerprint density at radius 2 is 2.11 bits per heavy atom. The van der Waals surface area contributed by atoms with Gasteiger partial charge in [-0.1, -0.05) is 12.1 Å². The summed E-state index contributed by atoms with van der Waals surface area (Å²) in [5, 5.41) is 0. The van der Waals surface area contributed by atoms with Crippen LogP contribution in [0, 0.1) is 0 Å². The summed E-state index contributed by atoms with van der Waals surface area (Å²) in [5.74, 6) is 0. The number of benzene rings is 1. The summed E-state index contributed by atoms with van der Waals surface area (Å²) in [4.78, 5) is 4.34. The Kier molecular flexibility index (Phi) is 4.63. The summed E-state index contributed by atoms with van der Waals surface area (Å²) >= 11 is -1.92. The SMILES string of the molecule is O=S(O)c1ccc(COCCn2ccnc2)cc1. The van der Waals surface area contributed by atoms with Crippen LogP contribution in [-0.2, 0) is 29.0 Å². The Morgan fingerprint density at radius 1 is 1.33 bits per heavy atom. The molecule has 1 atom stereocenters. The van der Waals surface area contributed by atoms with E-state index in [-0.39, 0.29) is 0 Å². The smallest absolute Gasteiger partial charge is 0.186 e. The van der Waals surface area contributed by atoms with Crippen molar-refractivity contribution in [3.8, 4) is 0 Å². The maximum atomic E-state index is 10.8. The first-order valence-electron chi connectivity index (χ1n) is 5.49. The van der Waals surface area contributed by atoms with Crippen LogP contribution in [0.2, 0.25) is 0 Å². The van der Waals surface area contributed by atoms with Gasteiger partial charge in [-0.25, -0.2) is 9.19 Å². The van der Waals surface area contributed by atoms with E-state index in [0.717, 1.165) is 12.1 Å². The average molecular weight is 266 g/mol. The van der Waals surface area contributed by atoms with Crippen LogP contribution < -0.4 is 0 Å². The van der Waals surface area contributed by atoms with Crippen molar-refractivity contribution < 1.29 is 13.5 Å². The molecule has 0 aliphatic rings. The van der Waals surface area contributed by atoms with Crippen molar-refractivity contribution in [2.45, 2.75) is 18.0 Å². The van der Waals surface area contributed by atoms with Gasteiger partial charge in [0.05, 0.1) is 24.4 Å². The van der Waals surface area contributed by atoms with E-state index in [1.165, 1.54) is 0 Å². The number of imidazole rings is 1. The van der Waals surface area contributed by atoms with Crippen LogP contribution in [0.5, 0.6) is 0 Å². The van der Waals surface area contributed by atoms with Gasteiger partial charge in [-0.15, -0.1) is 0 Å². The standard InChI is InChI=1S/C12H14N2O3S/c15-18(16)12-3-1-11(2-4-12)9-17-8-7-14-6-5-13-10-14/h1-6,10H,7-9H2,(H,15,16). The highest BCUT2D eigenvalue weighted by molar-refractivity contribution is 7.79. The fourth-order valence-electron chi connectivity index (χ4n) is 1.48. The van der Waals surface area contributed by atoms with Gasteiger partial charge in [0.1, 0.15) is 0 Å². The van der Waals surface area contributed by atoms with Crippen molar-refractivity contribution in [3.05, 3.63) is 48.5 Å². The average Bonchev–Trinajstić information content (AvgIpc) is 2.88. The largest absolute Gasteiger partial charge is 0.375 e. The highest BCUT2D eigenvalue weighted by Gasteiger charge is 1.99. The van der Waals surface area contributed by atoms with Crippen LogP contribution in [0.15, 0.2) is 47.9 Å². The number of rotatable bonds is 6. The lowest BCUT2D eigenvalue weighted by Crippen LogP contribution is -2.04. The van der Waals surface area contributed by atoms with Crippen LogP contribution >= 0.6 is 0 Å². The molecule has 1 N–H and O–H groups in total. The summed E-state index contributed by atoms with van der Waals surface area (Å²) in [5.41, 5.74) is 0.981. The molecule has 0 aliphatic heterocycles. The van der Waals surface area contributed by atoms with Crippen LogP contribution in [0.3, 0.4) is 0 Å². The number of nitrogens with zero attached hydrogens (tertiary/aromatic N) is 2. The summed E-state index contributed by atoms with van der Waals surface area (Å²) in [6.45, 7) is 1.86. The van der Waals surface area contributed by atoms with Crippen LogP contribution in [0.25, 0.3) is 0 Å². The molecule has 0 bridgehead atoms. The fraction of sp³-hybridized carbons (Fsp3) is 0.250. The lowest BCUT2D eigenvalue weighted by molar-refractivity contribution is 0.113. The topological polar surface area (TPSA) is 64.3 Å². The van der Waals surface area contributed by atoms with E-state index in [1.807, 2.05) is 10.8 Å². The van der Waals surface area contributed by atoms with Gasteiger partial charge in [0.15, 0.2) is 11.1 Å². The molecule has 0 saturated heterocycles. The predicted octanol–water partition coefficient (Wildman–Crippen LogP) is 1.68. The van der Waals surface area contributed by atoms with Crippen molar-refractivity contribution in [2.75, 3.05) is 6.61 Å². The van der Waals surface area contributed by atoms with E-state index in [4.69, 9.17) is 9.29 Å². The minimum Gasteiger partial charge on any atom is -0.375 e. The summed E-state index contributed by atoms with van der Waals surface area (Å²) in [6, 6.07) is 6.84. The molecule has 2 aromatic rings. The van der Waals surface area contributed by atoms with Gasteiger partial charge in [0.2, 0.25) is 0 Å². The van der Waals surface area contributed by atoms with Crippen molar-refractivity contribution in [3.63, 3.8) is 0 Å². The second-order valence-corrected chi connectivity index (χ2v) is 4.72. The zero-order valence-electron chi connectivity index (χ0n) is 9.73. The van der Waals surface area contributed by atoms with Crippen molar-refractivity contribution in [1.82, 2.24) is 9.55 Å². The molecule has 96 valence electrons. The molecule has 1 heterocycles. The van der Waals surface area contributed by atoms with Crippen molar-refractivity contribution in [1.29, 1.82) is 0 Å². The Labute approximate surface area is 108 Å². The molecule has 0 radical (unpaired) electrons. The fourth-order valence-corrected chi connectivity index (χ4v) is 1.85. The third-order valence-corrected chi connectivity index (χ3v) is 3.12. The molecule has 5 nitrogen and oxygen atoms in total. The molecule has 6 heteroatoms. The van der Waals surface area contributed by atoms with Crippen molar-refractivity contribution >= 4 is 11.1 Å². The highest BCUT2D eigenvalue weighted by atomic mass is 32.2. The maximum Gasteiger partial charge on any atom is 0.186 e. The molecular weight excluding hydrogens is 252 g/mol. The van der Waals surface area contributed by atoms with Crippen molar-refractivity contribution in [2.24, 2.45) is 0 Å². The molecule has 1 unspecified atom stereocenters. The molecule has 0 aliphatic carbocycles. The normalized spacial score (nSPS) is 12.5. The lowest BCUT2D eigenvalue weighted by atomic mass is 10.2. The Bertz CT molecular complexity index is 497. The second kappa shape index (κ2) is 6.44. The zero-order chi connectivity index (χ0) is 12.8. The van der Waals surface area contributed by atoms with E-state index >= 15 is 0 Å². The Hall–Kier alpha value is -1.50. The minimum absolute atomic E-state index is 0.400. The predicted molar refractivity (Wildman–Crippen MR) is 67.4 cm³/mol. The quantitative estimate of drug-likeness (QED) is 0.638. The first-order chi connectivity index (χ1) is 8.75. The van der Waals surface area contributed by atoms with E-state index in [9.17, 15) is 4.21 Å². The number of aromatic nitrogens is 2. The third kappa shape index (κ3) is 3.76. The summed E-state index contributed by atoms with van der Waals surface area (Å²) < 4.78 is 27.1. The number of hydrogen-bond acceptors (Lipinski definition) is 3. The van der Waals surface area contributed by atoms with Gasteiger partial charge in [-0.05, 0) is 17.7 Å². The van der Waals surface area contributed by atoms with Crippen LogP contribution in [0.4, 0.5) is 0 Å². The molecule has 0 fully saturated rings. The number of hydrogen-bond donors (Lipinski definition) is 1. The van der Waals surface area contributed by atoms with Gasteiger partial charge in [-0.2, -0.15) is 0 Å². The molecule has 0 saturated carbocycles. The maximum absolute atomic E-state index is 10.8. The molecule has 2 rings (SSSR count). The van der Waals surface area contributed by atoms with Gasteiger partial charge in [0.25, 0.3) is 0 Å². The van der Waals surface area contributed by atoms with Gasteiger partial charge < -0.3 is 13.9 Å². The third-order valence-electron chi connectivity index (χ3n) is 2.45. The minimum atomic E-state index is -1.92. The number of ether oxygens (including phenoxy) is 1. The Morgan fingerprint density at radius 3 is 2.72 bits per heavy atom. The molecule has 1 aromatic heterocycles. The van der Waals surface area contributed by atoms with E-state index in [2.05, 4.69) is 4.98 Å². The second-order valence-electron chi connectivity index (χ2n) is 3.75.